The first-order chi connectivity index (χ1) is 26.8. The van der Waals surface area contributed by atoms with Crippen molar-refractivity contribution in [1.29, 1.82) is 0 Å². The van der Waals surface area contributed by atoms with Gasteiger partial charge in [-0.2, -0.15) is 0 Å². The van der Waals surface area contributed by atoms with E-state index >= 15 is 0 Å². The number of nitrogens with one attached hydrogen (secondary N) is 2. The van der Waals surface area contributed by atoms with E-state index in [1.54, 1.807) is 36.6 Å². The van der Waals surface area contributed by atoms with Gasteiger partial charge in [0, 0.05) is 74.6 Å². The van der Waals surface area contributed by atoms with Crippen molar-refractivity contribution in [3.8, 4) is 11.5 Å². The number of para-hydroxylation sites is 2. The molecule has 2 N–H and O–H groups in total. The predicted molar refractivity (Wildman–Crippen MR) is 217 cm³/mol. The minimum atomic E-state index is -4.19. The summed E-state index contributed by atoms with van der Waals surface area (Å²) in [5, 5.41) is 3.34. The summed E-state index contributed by atoms with van der Waals surface area (Å²) in [7, 11) is -4.19. The molecule has 11 heteroatoms. The summed E-state index contributed by atoms with van der Waals surface area (Å²) in [6.07, 6.45) is 11.6. The van der Waals surface area contributed by atoms with E-state index < -0.39 is 15.9 Å². The van der Waals surface area contributed by atoms with Gasteiger partial charge in [-0.25, -0.2) is 13.1 Å². The van der Waals surface area contributed by atoms with Crippen molar-refractivity contribution in [3.63, 3.8) is 0 Å². The maximum absolute atomic E-state index is 13.7. The molecular formula is C44H47N5O5S. The second kappa shape index (κ2) is 16.1. The van der Waals surface area contributed by atoms with E-state index in [4.69, 9.17) is 9.47 Å². The zero-order chi connectivity index (χ0) is 37.8. The number of carbonyl (C=O) groups excluding carboxylic acids is 1. The van der Waals surface area contributed by atoms with Gasteiger partial charge in [-0.1, -0.05) is 42.5 Å². The van der Waals surface area contributed by atoms with Crippen LogP contribution in [0.25, 0.3) is 0 Å². The van der Waals surface area contributed by atoms with E-state index in [-0.39, 0.29) is 16.2 Å². The summed E-state index contributed by atoms with van der Waals surface area (Å²) in [6.45, 7) is 8.30. The second-order valence-corrected chi connectivity index (χ2v) is 16.3. The number of hydrogen-bond donors (Lipinski definition) is 2. The lowest BCUT2D eigenvalue weighted by atomic mass is 9.97. The highest BCUT2D eigenvalue weighted by molar-refractivity contribution is 7.90. The van der Waals surface area contributed by atoms with Gasteiger partial charge in [-0.05, 0) is 109 Å². The van der Waals surface area contributed by atoms with Gasteiger partial charge in [-0.3, -0.25) is 9.69 Å². The number of aryl methyl sites for hydroxylation is 1. The van der Waals surface area contributed by atoms with Crippen molar-refractivity contribution in [3.05, 3.63) is 143 Å². The summed E-state index contributed by atoms with van der Waals surface area (Å²) in [5.41, 5.74) is 7.82. The summed E-state index contributed by atoms with van der Waals surface area (Å²) in [4.78, 5) is 21.1. The van der Waals surface area contributed by atoms with Gasteiger partial charge >= 0.3 is 0 Å². The van der Waals surface area contributed by atoms with E-state index in [0.29, 0.717) is 18.9 Å². The Morgan fingerprint density at radius 3 is 2.53 bits per heavy atom. The molecule has 2 fully saturated rings. The Morgan fingerprint density at radius 1 is 0.927 bits per heavy atom. The number of allylic oxidation sites excluding steroid dienone is 2. The number of ether oxygens (including phenoxy) is 2. The van der Waals surface area contributed by atoms with Crippen LogP contribution in [0.4, 0.5) is 17.1 Å². The highest BCUT2D eigenvalue weighted by Crippen LogP contribution is 2.39. The van der Waals surface area contributed by atoms with Gasteiger partial charge in [-0.15, -0.1) is 0 Å². The smallest absolute Gasteiger partial charge is 0.268 e. The van der Waals surface area contributed by atoms with E-state index in [1.165, 1.54) is 42.3 Å². The lowest BCUT2D eigenvalue weighted by molar-refractivity contribution is 0.0979. The molecule has 1 aliphatic carbocycles. The number of amides is 1. The quantitative estimate of drug-likeness (QED) is 0.151. The van der Waals surface area contributed by atoms with Crippen LogP contribution in [0.3, 0.4) is 0 Å². The van der Waals surface area contributed by atoms with E-state index in [1.807, 2.05) is 49.4 Å². The topological polar surface area (TPSA) is 103 Å². The number of nitrogens with zero attached hydrogens (tertiary/aromatic N) is 3. The third kappa shape index (κ3) is 8.43. The van der Waals surface area contributed by atoms with Crippen LogP contribution in [-0.4, -0.2) is 65.1 Å². The molecule has 4 aromatic carbocycles. The molecule has 1 unspecified atom stereocenters. The van der Waals surface area contributed by atoms with E-state index in [2.05, 4.69) is 55.1 Å². The summed E-state index contributed by atoms with van der Waals surface area (Å²) >= 11 is 0. The SMILES string of the molecule is Cc1cc(S(=O)(=O)NC(=O)c2ccc(N3CCN(Cc4ccccc4N4CC5CCC=C4C5)CC3)cc2Oc2ccccc2)ccc1NCC1=CCOC=C1. The fraction of sp³-hybridized carbons (Fsp3) is 0.295. The highest BCUT2D eigenvalue weighted by Gasteiger charge is 2.31. The molecule has 0 spiro atoms. The van der Waals surface area contributed by atoms with Crippen LogP contribution in [0.15, 0.2) is 132 Å². The van der Waals surface area contributed by atoms with Crippen molar-refractivity contribution in [2.24, 2.45) is 5.92 Å². The normalized spacial score (nSPS) is 18.3. The van der Waals surface area contributed by atoms with Crippen LogP contribution in [0.5, 0.6) is 11.5 Å². The number of hydrogen-bond acceptors (Lipinski definition) is 9. The predicted octanol–water partition coefficient (Wildman–Crippen LogP) is 7.61. The maximum Gasteiger partial charge on any atom is 0.268 e. The molecule has 0 radical (unpaired) electrons. The van der Waals surface area contributed by atoms with Crippen molar-refractivity contribution in [1.82, 2.24) is 9.62 Å². The molecule has 8 rings (SSSR count). The van der Waals surface area contributed by atoms with Crippen LogP contribution in [0.1, 0.15) is 40.7 Å². The molecule has 3 aliphatic heterocycles. The lowest BCUT2D eigenvalue weighted by Crippen LogP contribution is -2.46. The fourth-order valence-corrected chi connectivity index (χ4v) is 8.91. The Morgan fingerprint density at radius 2 is 1.75 bits per heavy atom. The molecule has 4 aromatic rings. The number of rotatable bonds is 12. The minimum Gasteiger partial charge on any atom is -0.497 e. The van der Waals surface area contributed by atoms with Crippen LogP contribution < -0.4 is 24.6 Å². The van der Waals surface area contributed by atoms with Crippen molar-refractivity contribution >= 4 is 33.0 Å². The Labute approximate surface area is 323 Å². The number of carbonyl (C=O) groups is 1. The highest BCUT2D eigenvalue weighted by atomic mass is 32.2. The zero-order valence-electron chi connectivity index (χ0n) is 31.1. The van der Waals surface area contributed by atoms with Crippen LogP contribution in [-0.2, 0) is 21.3 Å². The molecule has 10 nitrogen and oxygen atoms in total. The Balaban J connectivity index is 0.950. The Hall–Kier alpha value is -5.52. The largest absolute Gasteiger partial charge is 0.497 e. The van der Waals surface area contributed by atoms with Gasteiger partial charge in [0.2, 0.25) is 0 Å². The number of sulfonamides is 1. The molecule has 4 aliphatic rings. The molecule has 2 saturated heterocycles. The first kappa shape index (κ1) is 36.5. The third-order valence-corrected chi connectivity index (χ3v) is 12.2. The van der Waals surface area contributed by atoms with Gasteiger partial charge in [0.15, 0.2) is 0 Å². The molecule has 0 saturated carbocycles. The summed E-state index contributed by atoms with van der Waals surface area (Å²) < 4.78 is 40.8. The van der Waals surface area contributed by atoms with Crippen LogP contribution >= 0.6 is 0 Å². The number of piperazine rings is 1. The van der Waals surface area contributed by atoms with Crippen LogP contribution in [0, 0.1) is 12.8 Å². The zero-order valence-corrected chi connectivity index (χ0v) is 31.9. The maximum atomic E-state index is 13.7. The van der Waals surface area contributed by atoms with Crippen molar-refractivity contribution < 1.29 is 22.7 Å². The molecular weight excluding hydrogens is 711 g/mol. The average molecular weight is 758 g/mol. The average Bonchev–Trinajstić information content (AvgIpc) is 3.50. The van der Waals surface area contributed by atoms with E-state index in [0.717, 1.165) is 67.7 Å². The number of fused-ring (bicyclic) bond motifs is 2. The van der Waals surface area contributed by atoms with Gasteiger partial charge in [0.1, 0.15) is 18.1 Å². The molecule has 55 heavy (non-hydrogen) atoms. The van der Waals surface area contributed by atoms with Crippen LogP contribution in [0.2, 0.25) is 0 Å². The first-order valence-corrected chi connectivity index (χ1v) is 20.5. The van der Waals surface area contributed by atoms with E-state index in [9.17, 15) is 13.2 Å². The fourth-order valence-electron chi connectivity index (χ4n) is 7.86. The van der Waals surface area contributed by atoms with Gasteiger partial charge < -0.3 is 24.6 Å². The molecule has 0 aromatic heterocycles. The third-order valence-electron chi connectivity index (χ3n) is 10.9. The molecule has 2 bridgehead atoms. The molecule has 3 heterocycles. The molecule has 284 valence electrons. The minimum absolute atomic E-state index is 0.00281. The lowest BCUT2D eigenvalue weighted by Gasteiger charge is -2.37. The van der Waals surface area contributed by atoms with Crippen molar-refractivity contribution in [2.75, 3.05) is 61.0 Å². The Bertz CT molecular complexity index is 2250. The standard InChI is InChI=1S/C44H47N5O5S/c1-32-26-39(15-17-41(32)45-29-33-18-24-53-25-19-33)55(51,52)46-44(50)40-16-14-36(28-43(40)54-38-11-3-2-4-12-38)48-22-20-47(21-23-48)31-35-9-5-6-13-42(35)49-30-34-8-7-10-37(49)27-34/h2-6,9-19,24,26,28,34,45H,7-8,20-23,25,27,29-31H2,1H3,(H,46,50). The number of benzene rings is 4. The molecule has 1 amide bonds. The first-order valence-electron chi connectivity index (χ1n) is 19.1. The van der Waals surface area contributed by atoms with Gasteiger partial charge in [0.05, 0.1) is 16.7 Å². The summed E-state index contributed by atoms with van der Waals surface area (Å²) in [5.74, 6) is 0.827. The summed E-state index contributed by atoms with van der Waals surface area (Å²) in [6, 6.07) is 28.2. The second-order valence-electron chi connectivity index (χ2n) is 14.6. The number of anilines is 3. The van der Waals surface area contributed by atoms with Crippen molar-refractivity contribution in [2.45, 2.75) is 37.6 Å². The van der Waals surface area contributed by atoms with Gasteiger partial charge in [0.25, 0.3) is 15.9 Å². The Kier molecular flexibility index (Phi) is 10.6. The monoisotopic (exact) mass is 757 g/mol. The molecule has 1 atom stereocenters.